The van der Waals surface area contributed by atoms with Crippen molar-refractivity contribution in [3.8, 4) is 0 Å². The van der Waals surface area contributed by atoms with Crippen molar-refractivity contribution in [3.05, 3.63) is 0 Å². The lowest BCUT2D eigenvalue weighted by molar-refractivity contribution is -0.138. The van der Waals surface area contributed by atoms with Crippen LogP contribution in [0.4, 0.5) is 0 Å². The Kier molecular flexibility index (Phi) is 4.73. The zero-order chi connectivity index (χ0) is 12.1. The minimum atomic E-state index is -0.486. The van der Waals surface area contributed by atoms with Crippen LogP contribution in [0.3, 0.4) is 0 Å². The van der Waals surface area contributed by atoms with E-state index < -0.39 is 18.0 Å². The molecule has 16 heavy (non-hydrogen) atoms. The molecule has 0 spiro atoms. The number of hydrogen-bond donors (Lipinski definition) is 2. The van der Waals surface area contributed by atoms with Crippen molar-refractivity contribution in [3.63, 3.8) is 0 Å². The topological polar surface area (TPSA) is 89.4 Å². The predicted octanol–water partition coefficient (Wildman–Crippen LogP) is -0.0198. The number of nitrogens with two attached hydrogens (primary N) is 2. The smallest absolute Gasteiger partial charge is 0.240 e. The van der Waals surface area contributed by atoms with E-state index in [1.807, 2.05) is 0 Å². The first-order valence-electron chi connectivity index (χ1n) is 5.93. The number of unbranched alkanes of at least 4 members (excludes halogenated alkanes) is 1. The molecular formula is C11H21N3O2. The maximum Gasteiger partial charge on any atom is 0.240 e. The summed E-state index contributed by atoms with van der Waals surface area (Å²) in [6.45, 7) is 2.66. The highest BCUT2D eigenvalue weighted by Gasteiger charge is 2.34. The van der Waals surface area contributed by atoms with Crippen molar-refractivity contribution in [1.29, 1.82) is 0 Å². The van der Waals surface area contributed by atoms with E-state index in [-0.39, 0.29) is 5.91 Å². The molecule has 5 nitrogen and oxygen atoms in total. The van der Waals surface area contributed by atoms with Crippen LogP contribution in [0.25, 0.3) is 0 Å². The van der Waals surface area contributed by atoms with Gasteiger partial charge in [0.05, 0.1) is 6.04 Å². The molecule has 2 amide bonds. The Balaban J connectivity index is 2.55. The monoisotopic (exact) mass is 227 g/mol. The minimum Gasteiger partial charge on any atom is -0.368 e. The lowest BCUT2D eigenvalue weighted by Crippen LogP contribution is -2.50. The summed E-state index contributed by atoms with van der Waals surface area (Å²) in [6.07, 6.45) is 4.13. The van der Waals surface area contributed by atoms with E-state index in [0.717, 1.165) is 19.3 Å². The third-order valence-corrected chi connectivity index (χ3v) is 3.05. The molecule has 92 valence electrons. The van der Waals surface area contributed by atoms with Gasteiger partial charge in [-0.3, -0.25) is 9.59 Å². The number of nitrogens with zero attached hydrogens (tertiary/aromatic N) is 1. The molecule has 2 atom stereocenters. The molecule has 1 aliphatic rings. The summed E-state index contributed by atoms with van der Waals surface area (Å²) in [6, 6.07) is -0.930. The molecule has 1 saturated heterocycles. The van der Waals surface area contributed by atoms with Gasteiger partial charge in [-0.25, -0.2) is 0 Å². The van der Waals surface area contributed by atoms with Crippen LogP contribution in [-0.2, 0) is 9.59 Å². The molecule has 0 aromatic heterocycles. The summed E-state index contributed by atoms with van der Waals surface area (Å²) in [5.74, 6) is -0.553. The molecule has 0 bridgehead atoms. The van der Waals surface area contributed by atoms with E-state index in [4.69, 9.17) is 11.5 Å². The average molecular weight is 227 g/mol. The van der Waals surface area contributed by atoms with Crippen LogP contribution in [-0.4, -0.2) is 35.3 Å². The standard InChI is InChI=1S/C11H21N3O2/c1-2-3-5-8(12)11(16)14-7-4-6-9(14)10(13)15/h8-9H,2-7,12H2,1H3,(H2,13,15). The first-order valence-corrected chi connectivity index (χ1v) is 5.93. The fraction of sp³-hybridized carbons (Fsp3) is 0.818. The average Bonchev–Trinajstić information content (AvgIpc) is 2.73. The Morgan fingerprint density at radius 2 is 2.19 bits per heavy atom. The van der Waals surface area contributed by atoms with Gasteiger partial charge < -0.3 is 16.4 Å². The molecule has 0 aromatic rings. The van der Waals surface area contributed by atoms with Gasteiger partial charge in [0.2, 0.25) is 11.8 Å². The Morgan fingerprint density at radius 3 is 2.75 bits per heavy atom. The third-order valence-electron chi connectivity index (χ3n) is 3.05. The fourth-order valence-corrected chi connectivity index (χ4v) is 2.09. The summed E-state index contributed by atoms with van der Waals surface area (Å²) in [5, 5.41) is 0. The molecule has 0 aromatic carbocycles. The summed E-state index contributed by atoms with van der Waals surface area (Å²) in [4.78, 5) is 24.6. The molecule has 0 radical (unpaired) electrons. The first kappa shape index (κ1) is 13.0. The number of rotatable bonds is 5. The molecule has 2 unspecified atom stereocenters. The van der Waals surface area contributed by atoms with Gasteiger partial charge >= 0.3 is 0 Å². The van der Waals surface area contributed by atoms with Crippen molar-refractivity contribution in [2.24, 2.45) is 11.5 Å². The SMILES string of the molecule is CCCCC(N)C(=O)N1CCCC1C(N)=O. The largest absolute Gasteiger partial charge is 0.368 e. The highest BCUT2D eigenvalue weighted by Crippen LogP contribution is 2.18. The number of amides is 2. The molecule has 1 heterocycles. The Labute approximate surface area is 96.1 Å². The van der Waals surface area contributed by atoms with Crippen LogP contribution < -0.4 is 11.5 Å². The first-order chi connectivity index (χ1) is 7.57. The van der Waals surface area contributed by atoms with Crippen LogP contribution in [0.1, 0.15) is 39.0 Å². The van der Waals surface area contributed by atoms with Crippen molar-refractivity contribution in [1.82, 2.24) is 4.90 Å². The number of hydrogen-bond acceptors (Lipinski definition) is 3. The molecule has 0 aliphatic carbocycles. The molecule has 5 heteroatoms. The van der Waals surface area contributed by atoms with Gasteiger partial charge in [-0.15, -0.1) is 0 Å². The van der Waals surface area contributed by atoms with Crippen LogP contribution >= 0.6 is 0 Å². The maximum absolute atomic E-state index is 12.0. The van der Waals surface area contributed by atoms with Gasteiger partial charge in [-0.05, 0) is 19.3 Å². The summed E-state index contributed by atoms with van der Waals surface area (Å²) >= 11 is 0. The highest BCUT2D eigenvalue weighted by atomic mass is 16.2. The van der Waals surface area contributed by atoms with Gasteiger partial charge in [0.25, 0.3) is 0 Å². The number of carbonyl (C=O) groups excluding carboxylic acids is 2. The van der Waals surface area contributed by atoms with Gasteiger partial charge in [0, 0.05) is 6.54 Å². The summed E-state index contributed by atoms with van der Waals surface area (Å²) in [5.41, 5.74) is 11.1. The highest BCUT2D eigenvalue weighted by molar-refractivity contribution is 5.89. The molecule has 0 saturated carbocycles. The van der Waals surface area contributed by atoms with Gasteiger partial charge in [0.15, 0.2) is 0 Å². The quantitative estimate of drug-likeness (QED) is 0.691. The molecule has 1 aliphatic heterocycles. The number of carbonyl (C=O) groups is 2. The van der Waals surface area contributed by atoms with Crippen molar-refractivity contribution < 1.29 is 9.59 Å². The zero-order valence-corrected chi connectivity index (χ0v) is 9.82. The third kappa shape index (κ3) is 2.95. The number of likely N-dealkylation sites (tertiary alicyclic amines) is 1. The second kappa shape index (κ2) is 5.84. The molecule has 1 fully saturated rings. The molecule has 4 N–H and O–H groups in total. The Bertz CT molecular complexity index is 268. The van der Waals surface area contributed by atoms with Gasteiger partial charge in [-0.1, -0.05) is 19.8 Å². The molecular weight excluding hydrogens is 206 g/mol. The van der Waals surface area contributed by atoms with E-state index >= 15 is 0 Å². The number of primary amides is 1. The van der Waals surface area contributed by atoms with Crippen molar-refractivity contribution in [2.45, 2.75) is 51.1 Å². The Hall–Kier alpha value is -1.10. The molecule has 1 rings (SSSR count). The second-order valence-electron chi connectivity index (χ2n) is 4.34. The summed E-state index contributed by atoms with van der Waals surface area (Å²) in [7, 11) is 0. The van der Waals surface area contributed by atoms with Crippen LogP contribution in [0.15, 0.2) is 0 Å². The van der Waals surface area contributed by atoms with Crippen molar-refractivity contribution >= 4 is 11.8 Å². The van der Waals surface area contributed by atoms with E-state index in [1.165, 1.54) is 0 Å². The van der Waals surface area contributed by atoms with E-state index in [9.17, 15) is 9.59 Å². The van der Waals surface area contributed by atoms with Crippen LogP contribution in [0.5, 0.6) is 0 Å². The normalized spacial score (nSPS) is 22.1. The maximum atomic E-state index is 12.0. The minimum absolute atomic E-state index is 0.130. The van der Waals surface area contributed by atoms with E-state index in [0.29, 0.717) is 19.4 Å². The lowest BCUT2D eigenvalue weighted by Gasteiger charge is -2.25. The zero-order valence-electron chi connectivity index (χ0n) is 9.82. The van der Waals surface area contributed by atoms with E-state index in [1.54, 1.807) is 4.90 Å². The van der Waals surface area contributed by atoms with Crippen LogP contribution in [0.2, 0.25) is 0 Å². The summed E-state index contributed by atoms with van der Waals surface area (Å²) < 4.78 is 0. The fourth-order valence-electron chi connectivity index (χ4n) is 2.09. The van der Waals surface area contributed by atoms with E-state index in [2.05, 4.69) is 6.92 Å². The van der Waals surface area contributed by atoms with Crippen molar-refractivity contribution in [2.75, 3.05) is 6.54 Å². The van der Waals surface area contributed by atoms with Crippen LogP contribution in [0, 0.1) is 0 Å². The van der Waals surface area contributed by atoms with Gasteiger partial charge in [0.1, 0.15) is 6.04 Å². The van der Waals surface area contributed by atoms with Gasteiger partial charge in [-0.2, -0.15) is 0 Å². The Morgan fingerprint density at radius 1 is 1.50 bits per heavy atom. The second-order valence-corrected chi connectivity index (χ2v) is 4.34. The lowest BCUT2D eigenvalue weighted by atomic mass is 10.1. The predicted molar refractivity (Wildman–Crippen MR) is 61.4 cm³/mol.